The summed E-state index contributed by atoms with van der Waals surface area (Å²) in [6, 6.07) is 13.4. The minimum absolute atomic E-state index is 0.320. The van der Waals surface area contributed by atoms with Crippen LogP contribution in [0.3, 0.4) is 0 Å². The van der Waals surface area contributed by atoms with Crippen molar-refractivity contribution in [3.8, 4) is 0 Å². The van der Waals surface area contributed by atoms with E-state index in [1.807, 2.05) is 48.7 Å². The Kier molecular flexibility index (Phi) is 6.03. The molecule has 2 aromatic heterocycles. The van der Waals surface area contributed by atoms with Crippen molar-refractivity contribution < 1.29 is 4.79 Å². The summed E-state index contributed by atoms with van der Waals surface area (Å²) in [5.74, 6) is 1.66. The van der Waals surface area contributed by atoms with Crippen molar-refractivity contribution in [3.05, 3.63) is 66.6 Å². The molecule has 3 aromatic rings. The summed E-state index contributed by atoms with van der Waals surface area (Å²) in [5.41, 5.74) is 2.52. The predicted molar refractivity (Wildman–Crippen MR) is 119 cm³/mol. The van der Waals surface area contributed by atoms with Crippen LogP contribution in [-0.4, -0.2) is 47.2 Å². The van der Waals surface area contributed by atoms with Gasteiger partial charge < -0.3 is 20.4 Å². The average molecular weight is 403 g/mol. The lowest BCUT2D eigenvalue weighted by Gasteiger charge is -2.35. The molecule has 3 heterocycles. The number of carbonyl (C=O) groups is 1. The van der Waals surface area contributed by atoms with Crippen molar-refractivity contribution in [2.45, 2.75) is 13.3 Å². The van der Waals surface area contributed by atoms with Crippen LogP contribution in [0.1, 0.15) is 12.5 Å². The number of pyridine rings is 1. The quantitative estimate of drug-likeness (QED) is 0.679. The molecule has 0 atom stereocenters. The number of urea groups is 1. The monoisotopic (exact) mass is 403 g/mol. The maximum Gasteiger partial charge on any atom is 0.323 e. The Morgan fingerprint density at radius 3 is 2.17 bits per heavy atom. The second-order valence-corrected chi connectivity index (χ2v) is 7.06. The Morgan fingerprint density at radius 2 is 1.53 bits per heavy atom. The molecule has 2 amide bonds. The maximum atomic E-state index is 12.2. The van der Waals surface area contributed by atoms with Crippen LogP contribution in [0, 0.1) is 0 Å². The molecule has 0 radical (unpaired) electrons. The van der Waals surface area contributed by atoms with Gasteiger partial charge in [0.05, 0.1) is 18.1 Å². The van der Waals surface area contributed by atoms with E-state index in [1.165, 1.54) is 5.56 Å². The number of amides is 2. The zero-order chi connectivity index (χ0) is 20.8. The van der Waals surface area contributed by atoms with Gasteiger partial charge >= 0.3 is 6.03 Å². The standard InChI is InChI=1S/C22H25N7O/c1-2-17-6-8-18(9-7-17)26-22(30)27-19-15-24-21(25-16-19)29-13-11-28(12-14-29)20-5-3-4-10-23-20/h3-10,15-16H,2,11-14H2,1H3,(H2,26,27,30). The molecule has 2 N–H and O–H groups in total. The summed E-state index contributed by atoms with van der Waals surface area (Å²) in [5, 5.41) is 5.58. The Morgan fingerprint density at radius 1 is 0.867 bits per heavy atom. The molecular formula is C22H25N7O. The normalized spacial score (nSPS) is 13.8. The van der Waals surface area contributed by atoms with Crippen molar-refractivity contribution >= 4 is 29.2 Å². The lowest BCUT2D eigenvalue weighted by atomic mass is 10.1. The molecule has 30 heavy (non-hydrogen) atoms. The highest BCUT2D eigenvalue weighted by atomic mass is 16.2. The molecule has 0 spiro atoms. The molecule has 8 heteroatoms. The molecule has 1 aromatic carbocycles. The number of benzene rings is 1. The molecule has 4 rings (SSSR count). The van der Waals surface area contributed by atoms with Crippen LogP contribution in [-0.2, 0) is 6.42 Å². The SMILES string of the molecule is CCc1ccc(NC(=O)Nc2cnc(N3CCN(c4ccccn4)CC3)nc2)cc1. The van der Waals surface area contributed by atoms with Crippen molar-refractivity contribution in [1.82, 2.24) is 15.0 Å². The fourth-order valence-electron chi connectivity index (χ4n) is 3.34. The second kappa shape index (κ2) is 9.21. The molecule has 0 bridgehead atoms. The molecule has 0 saturated carbocycles. The largest absolute Gasteiger partial charge is 0.353 e. The van der Waals surface area contributed by atoms with Gasteiger partial charge in [0.25, 0.3) is 0 Å². The number of rotatable bonds is 5. The van der Waals surface area contributed by atoms with Crippen molar-refractivity contribution in [3.63, 3.8) is 0 Å². The number of hydrogen-bond acceptors (Lipinski definition) is 6. The van der Waals surface area contributed by atoms with Gasteiger partial charge in [0.15, 0.2) is 0 Å². The predicted octanol–water partition coefficient (Wildman–Crippen LogP) is 3.40. The van der Waals surface area contributed by atoms with Crippen LogP contribution in [0.15, 0.2) is 61.1 Å². The fraction of sp³-hybridized carbons (Fsp3) is 0.273. The number of hydrogen-bond donors (Lipinski definition) is 2. The van der Waals surface area contributed by atoms with Gasteiger partial charge in [-0.2, -0.15) is 0 Å². The van der Waals surface area contributed by atoms with Gasteiger partial charge in [0.2, 0.25) is 5.95 Å². The average Bonchev–Trinajstić information content (AvgIpc) is 2.81. The molecule has 154 valence electrons. The van der Waals surface area contributed by atoms with Gasteiger partial charge in [-0.25, -0.2) is 19.7 Å². The Bertz CT molecular complexity index is 953. The number of nitrogens with zero attached hydrogens (tertiary/aromatic N) is 5. The number of anilines is 4. The highest BCUT2D eigenvalue weighted by Crippen LogP contribution is 2.17. The van der Waals surface area contributed by atoms with Crippen LogP contribution in [0.5, 0.6) is 0 Å². The first-order chi connectivity index (χ1) is 14.7. The third kappa shape index (κ3) is 4.83. The van der Waals surface area contributed by atoms with Crippen LogP contribution in [0.2, 0.25) is 0 Å². The van der Waals surface area contributed by atoms with E-state index in [-0.39, 0.29) is 6.03 Å². The summed E-state index contributed by atoms with van der Waals surface area (Å²) in [7, 11) is 0. The zero-order valence-corrected chi connectivity index (χ0v) is 17.0. The van der Waals surface area contributed by atoms with Gasteiger partial charge in [-0.3, -0.25) is 0 Å². The van der Waals surface area contributed by atoms with Crippen LogP contribution < -0.4 is 20.4 Å². The van der Waals surface area contributed by atoms with Gasteiger partial charge in [-0.1, -0.05) is 25.1 Å². The third-order valence-corrected chi connectivity index (χ3v) is 5.05. The molecule has 0 aliphatic carbocycles. The lowest BCUT2D eigenvalue weighted by molar-refractivity contribution is 0.262. The number of aromatic nitrogens is 3. The summed E-state index contributed by atoms with van der Waals surface area (Å²) in [6.07, 6.45) is 6.04. The van der Waals surface area contributed by atoms with Crippen molar-refractivity contribution in [1.29, 1.82) is 0 Å². The second-order valence-electron chi connectivity index (χ2n) is 7.06. The minimum Gasteiger partial charge on any atom is -0.353 e. The van der Waals surface area contributed by atoms with E-state index < -0.39 is 0 Å². The minimum atomic E-state index is -0.320. The van der Waals surface area contributed by atoms with E-state index in [1.54, 1.807) is 12.4 Å². The van der Waals surface area contributed by atoms with Crippen LogP contribution in [0.25, 0.3) is 0 Å². The number of nitrogens with one attached hydrogen (secondary N) is 2. The van der Waals surface area contributed by atoms with Crippen LogP contribution in [0.4, 0.5) is 27.9 Å². The van der Waals surface area contributed by atoms with E-state index in [4.69, 9.17) is 0 Å². The van der Waals surface area contributed by atoms with E-state index >= 15 is 0 Å². The van der Waals surface area contributed by atoms with E-state index in [0.717, 1.165) is 44.1 Å². The number of piperazine rings is 1. The molecule has 0 unspecified atom stereocenters. The van der Waals surface area contributed by atoms with E-state index in [0.29, 0.717) is 11.6 Å². The first-order valence-electron chi connectivity index (χ1n) is 10.1. The van der Waals surface area contributed by atoms with Gasteiger partial charge in [-0.15, -0.1) is 0 Å². The Balaban J connectivity index is 1.29. The van der Waals surface area contributed by atoms with Gasteiger partial charge in [0.1, 0.15) is 5.82 Å². The first-order valence-corrected chi connectivity index (χ1v) is 10.1. The molecule has 8 nitrogen and oxygen atoms in total. The summed E-state index contributed by atoms with van der Waals surface area (Å²) in [4.78, 5) is 29.8. The topological polar surface area (TPSA) is 86.3 Å². The zero-order valence-electron chi connectivity index (χ0n) is 17.0. The Hall–Kier alpha value is -3.68. The molecule has 1 aliphatic heterocycles. The third-order valence-electron chi connectivity index (χ3n) is 5.05. The first kappa shape index (κ1) is 19.6. The van der Waals surface area contributed by atoms with E-state index in [9.17, 15) is 4.79 Å². The summed E-state index contributed by atoms with van der Waals surface area (Å²) in [6.45, 7) is 5.45. The van der Waals surface area contributed by atoms with Crippen LogP contribution >= 0.6 is 0 Å². The van der Waals surface area contributed by atoms with E-state index in [2.05, 4.69) is 42.3 Å². The van der Waals surface area contributed by atoms with Crippen molar-refractivity contribution in [2.24, 2.45) is 0 Å². The highest BCUT2D eigenvalue weighted by molar-refractivity contribution is 5.99. The van der Waals surface area contributed by atoms with Gasteiger partial charge in [0, 0.05) is 38.1 Å². The maximum absolute atomic E-state index is 12.2. The highest BCUT2D eigenvalue weighted by Gasteiger charge is 2.19. The molecule has 1 saturated heterocycles. The molecular weight excluding hydrogens is 378 g/mol. The summed E-state index contributed by atoms with van der Waals surface area (Å²) < 4.78 is 0. The smallest absolute Gasteiger partial charge is 0.323 e. The summed E-state index contributed by atoms with van der Waals surface area (Å²) >= 11 is 0. The number of carbonyl (C=O) groups excluding carboxylic acids is 1. The number of aryl methyl sites for hydroxylation is 1. The lowest BCUT2D eigenvalue weighted by Crippen LogP contribution is -2.47. The van der Waals surface area contributed by atoms with Crippen molar-refractivity contribution in [2.75, 3.05) is 46.6 Å². The fourth-order valence-corrected chi connectivity index (χ4v) is 3.34. The molecule has 1 aliphatic rings. The Labute approximate surface area is 176 Å². The molecule has 1 fully saturated rings. The van der Waals surface area contributed by atoms with Gasteiger partial charge in [-0.05, 0) is 36.2 Å².